The van der Waals surface area contributed by atoms with Crippen LogP contribution in [0.1, 0.15) is 168 Å². The van der Waals surface area contributed by atoms with Gasteiger partial charge < -0.3 is 18.9 Å². The average molecular weight is 1280 g/mol. The second-order valence-corrected chi connectivity index (χ2v) is 39.1. The molecule has 0 amide bonds. The fraction of sp³-hybridized carbons (Fsp3) is 0.800. The van der Waals surface area contributed by atoms with Gasteiger partial charge in [-0.1, -0.05) is 144 Å². The fourth-order valence-corrected chi connectivity index (χ4v) is 31.4. The van der Waals surface area contributed by atoms with Gasteiger partial charge in [0.25, 0.3) is 0 Å². The summed E-state index contributed by atoms with van der Waals surface area (Å²) in [6, 6.07) is 0. The predicted octanol–water partition coefficient (Wildman–Crippen LogP) is 16.9. The van der Waals surface area contributed by atoms with Gasteiger partial charge in [-0.3, -0.25) is 14.4 Å². The maximum absolute atomic E-state index is 12.3. The summed E-state index contributed by atoms with van der Waals surface area (Å²) < 4.78 is 19.2. The second kappa shape index (κ2) is 21.5. The summed E-state index contributed by atoms with van der Waals surface area (Å²) in [5, 5.41) is 0. The van der Waals surface area contributed by atoms with Gasteiger partial charge in [0, 0.05) is 12.2 Å². The Morgan fingerprint density at radius 2 is 0.606 bits per heavy atom. The van der Waals surface area contributed by atoms with Crippen molar-refractivity contribution in [1.82, 2.24) is 0 Å². The molecule has 0 radical (unpaired) electrons. The smallest absolute Gasteiger partial charge is 0.338 e. The molecule has 21 rings (SSSR count). The summed E-state index contributed by atoms with van der Waals surface area (Å²) in [4.78, 5) is 56.2. The van der Waals surface area contributed by atoms with E-state index in [9.17, 15) is 24.0 Å². The van der Waals surface area contributed by atoms with E-state index in [-0.39, 0.29) is 34.2 Å². The molecule has 0 aromatic heterocycles. The monoisotopic (exact) mass is 1280 g/mol. The van der Waals surface area contributed by atoms with Gasteiger partial charge >= 0.3 is 29.8 Å². The van der Waals surface area contributed by atoms with E-state index in [4.69, 9.17) is 14.2 Å². The maximum Gasteiger partial charge on any atom is 0.338 e. The lowest BCUT2D eigenvalue weighted by molar-refractivity contribution is -0.162. The molecule has 0 aromatic rings. The molecule has 1 aliphatic heterocycles. The number of rotatable bonds is 4. The van der Waals surface area contributed by atoms with Crippen molar-refractivity contribution < 1.29 is 42.9 Å². The van der Waals surface area contributed by atoms with Crippen LogP contribution in [0.15, 0.2) is 72.9 Å². The van der Waals surface area contributed by atoms with Crippen LogP contribution in [0.3, 0.4) is 0 Å². The van der Waals surface area contributed by atoms with Crippen LogP contribution in [0.25, 0.3) is 0 Å². The number of ether oxygens (including phenoxy) is 4. The van der Waals surface area contributed by atoms with Crippen molar-refractivity contribution in [2.75, 3.05) is 21.3 Å². The van der Waals surface area contributed by atoms with E-state index in [0.29, 0.717) is 57.7 Å². The van der Waals surface area contributed by atoms with Gasteiger partial charge in [-0.05, 0) is 300 Å². The van der Waals surface area contributed by atoms with Crippen molar-refractivity contribution in [3.63, 3.8) is 0 Å². The van der Waals surface area contributed by atoms with Crippen molar-refractivity contribution in [3.05, 3.63) is 72.9 Å². The third-order valence-electron chi connectivity index (χ3n) is 37.1. The number of hydrogen-bond donors (Lipinski definition) is 0. The number of fused-ring (bicyclic) bond motifs is 45. The highest BCUT2D eigenvalue weighted by molar-refractivity contribution is 6.05. The van der Waals surface area contributed by atoms with Crippen LogP contribution in [0.4, 0.5) is 0 Å². The van der Waals surface area contributed by atoms with Crippen LogP contribution < -0.4 is 0 Å². The predicted molar refractivity (Wildman–Crippen MR) is 364 cm³/mol. The molecule has 512 valence electrons. The summed E-state index contributed by atoms with van der Waals surface area (Å²) >= 11 is 0. The van der Waals surface area contributed by atoms with Crippen molar-refractivity contribution in [2.24, 2.45) is 233 Å². The first-order chi connectivity index (χ1) is 44.4. The lowest BCUT2D eigenvalue weighted by Gasteiger charge is -2.52. The summed E-state index contributed by atoms with van der Waals surface area (Å²) in [5.74, 6) is 26.8. The first kappa shape index (κ1) is 64.7. The maximum atomic E-state index is 12.3. The lowest BCUT2D eigenvalue weighted by Crippen LogP contribution is -2.47. The fourth-order valence-electron chi connectivity index (χ4n) is 31.4. The molecule has 15 fully saturated rings. The van der Waals surface area contributed by atoms with Gasteiger partial charge in [0.05, 0.1) is 38.6 Å². The normalized spacial score (nSPS) is 55.3. The van der Waals surface area contributed by atoms with Gasteiger partial charge in [-0.15, -0.1) is 0 Å². The van der Waals surface area contributed by atoms with Gasteiger partial charge in [0.1, 0.15) is 0 Å². The molecule has 0 spiro atoms. The number of cyclic esters (lactones) is 2. The van der Waals surface area contributed by atoms with E-state index in [1.165, 1.54) is 71.3 Å². The largest absolute Gasteiger partial charge is 0.469 e. The SMILES string of the molecule is CC1(C)C2CC(C3C4C=CC(C4)C32)C1(C)C.CC1(C)C2CC(C3C4C=CC(C4)C32)C1(C)C.COC(=O)C1(C)C(C)C2CC1C1C3C=CC(C3)C21.COC(=O)C1(C)C(C)C2CC1C1C3C=CC(C3)C21.COC(=O)CC1(C)C(C)C2CC1C1C3C=CC(C3)C21.O=C1C=CC(=O)O1. The summed E-state index contributed by atoms with van der Waals surface area (Å²) in [7, 11) is 4.61. The van der Waals surface area contributed by atoms with Crippen molar-refractivity contribution in [3.8, 4) is 0 Å². The topological polar surface area (TPSA) is 122 Å². The molecule has 9 nitrogen and oxygen atoms in total. The molecular weight excluding hydrogens is 1160 g/mol. The summed E-state index contributed by atoms with van der Waals surface area (Å²) in [6.45, 7) is 34.0. The molecule has 9 heteroatoms. The van der Waals surface area contributed by atoms with Crippen LogP contribution >= 0.6 is 0 Å². The zero-order valence-corrected chi connectivity index (χ0v) is 60.4. The first-order valence-corrected chi connectivity index (χ1v) is 38.5. The van der Waals surface area contributed by atoms with Crippen LogP contribution in [0, 0.1) is 233 Å². The molecule has 15 saturated carbocycles. The van der Waals surface area contributed by atoms with E-state index < -0.39 is 11.9 Å². The standard InChI is InChI=1S/C17H24O2.2C16H22O2.2C16H24.C4H2O3/c1-9-12-7-13(17(9,2)8-14(18)19-3)16-11-5-4-10(6-11)15(12)16;2*1-8-11-7-12(16(8,2)15(17)18-3)14-10-5-4-9(6-10)13(11)14;2*1-15(2)11-8-12(16(15,3)4)14-10-6-5-9(7-10)13(11)14;5-3-1-2-4(6)7-3/h4-5,9-13,15-16H,6-8H2,1-3H3;2*4-5,8-14H,6-7H2,1-3H3;2*5-6,9-14H,7-8H2,1-4H3;1-2H. The van der Waals surface area contributed by atoms with E-state index in [0.717, 1.165) is 178 Å². The van der Waals surface area contributed by atoms with E-state index in [1.54, 1.807) is 14.2 Å². The summed E-state index contributed by atoms with van der Waals surface area (Å²) in [5.41, 5.74) is 2.00. The minimum atomic E-state index is -0.579. The van der Waals surface area contributed by atoms with Crippen LogP contribution in [0.2, 0.25) is 0 Å². The third-order valence-corrected chi connectivity index (χ3v) is 37.1. The molecule has 1 heterocycles. The Balaban J connectivity index is 0.0000000906. The van der Waals surface area contributed by atoms with E-state index >= 15 is 0 Å². The van der Waals surface area contributed by atoms with Crippen LogP contribution in [0.5, 0.6) is 0 Å². The second-order valence-electron chi connectivity index (χ2n) is 39.1. The number of hydrogen-bond acceptors (Lipinski definition) is 9. The molecule has 21 aliphatic rings. The molecular formula is C85H118O9. The van der Waals surface area contributed by atoms with Crippen molar-refractivity contribution in [1.29, 1.82) is 0 Å². The van der Waals surface area contributed by atoms with E-state index in [1.807, 2.05) is 0 Å². The molecule has 20 aliphatic carbocycles. The minimum absolute atomic E-state index is 0.0165. The highest BCUT2D eigenvalue weighted by Gasteiger charge is 2.75. The van der Waals surface area contributed by atoms with Gasteiger partial charge in [-0.25, -0.2) is 9.59 Å². The zero-order chi connectivity index (χ0) is 66.5. The number of methoxy groups -OCH3 is 3. The molecule has 0 aromatic carbocycles. The molecule has 20 bridgehead atoms. The van der Waals surface area contributed by atoms with Gasteiger partial charge in [0.15, 0.2) is 0 Å². The summed E-state index contributed by atoms with van der Waals surface area (Å²) in [6.07, 6.45) is 41.7. The molecule has 94 heavy (non-hydrogen) atoms. The number of carbonyl (C=O) groups excluding carboxylic acids is 5. The highest BCUT2D eigenvalue weighted by atomic mass is 16.6. The molecule has 36 unspecified atom stereocenters. The molecule has 0 N–H and O–H groups in total. The number of allylic oxidation sites excluding steroid dienone is 10. The number of esters is 5. The lowest BCUT2D eigenvalue weighted by atomic mass is 9.52. The minimum Gasteiger partial charge on any atom is -0.469 e. The molecule has 36 atom stereocenters. The van der Waals surface area contributed by atoms with E-state index in [2.05, 4.69) is 162 Å². The highest BCUT2D eigenvalue weighted by Crippen LogP contribution is 2.80. The van der Waals surface area contributed by atoms with Gasteiger partial charge in [0.2, 0.25) is 0 Å². The zero-order valence-electron chi connectivity index (χ0n) is 60.4. The first-order valence-electron chi connectivity index (χ1n) is 38.5. The van der Waals surface area contributed by atoms with Gasteiger partial charge in [-0.2, -0.15) is 0 Å². The van der Waals surface area contributed by atoms with Crippen LogP contribution in [-0.4, -0.2) is 51.2 Å². The Kier molecular flexibility index (Phi) is 14.8. The quantitative estimate of drug-likeness (QED) is 0.0890. The van der Waals surface area contributed by atoms with Crippen molar-refractivity contribution >= 4 is 29.8 Å². The Morgan fingerprint density at radius 3 is 0.872 bits per heavy atom. The Hall–Kier alpha value is -4.01. The Labute approximate surface area is 564 Å². The molecule has 0 saturated heterocycles. The number of carbonyl (C=O) groups is 5. The average Bonchev–Trinajstić information content (AvgIpc) is 1.54. The van der Waals surface area contributed by atoms with Crippen LogP contribution in [-0.2, 0) is 42.9 Å². The Morgan fingerprint density at radius 1 is 0.351 bits per heavy atom. The third kappa shape index (κ3) is 8.31. The van der Waals surface area contributed by atoms with Crippen molar-refractivity contribution in [2.45, 2.75) is 168 Å². The Bertz CT molecular complexity index is 3090.